The lowest BCUT2D eigenvalue weighted by Crippen LogP contribution is -2.32. The summed E-state index contributed by atoms with van der Waals surface area (Å²) in [5, 5.41) is 9.41. The first kappa shape index (κ1) is 14.5. The predicted molar refractivity (Wildman–Crippen MR) is 75.0 cm³/mol. The van der Waals surface area contributed by atoms with Gasteiger partial charge in [0.05, 0.1) is 11.9 Å². The first-order valence-electron chi connectivity index (χ1n) is 6.74. The Hall–Kier alpha value is -0.910. The summed E-state index contributed by atoms with van der Waals surface area (Å²) in [4.78, 5) is 0. The van der Waals surface area contributed by atoms with Crippen molar-refractivity contribution in [2.75, 3.05) is 6.54 Å². The van der Waals surface area contributed by atoms with Crippen molar-refractivity contribution in [3.63, 3.8) is 0 Å². The van der Waals surface area contributed by atoms with E-state index in [1.54, 1.807) is 0 Å². The largest absolute Gasteiger partial charge is 0.393 e. The smallest absolute Gasteiger partial charge is 0.215 e. The Morgan fingerprint density at radius 3 is 2.37 bits per heavy atom. The molecule has 1 fully saturated rings. The van der Waals surface area contributed by atoms with Gasteiger partial charge in [0, 0.05) is 6.54 Å². The quantitative estimate of drug-likeness (QED) is 0.863. The zero-order valence-electron chi connectivity index (χ0n) is 11.0. The Kier molecular flexibility index (Phi) is 4.96. The molecule has 106 valence electrons. The molecular formula is C14H21NO3S. The number of aliphatic hydroxyl groups excluding tert-OH is 1. The SMILES string of the molecule is O=S(=O)(Cc1ccccc1)NCC1CCC(O)CC1. The van der Waals surface area contributed by atoms with Crippen molar-refractivity contribution in [3.05, 3.63) is 35.9 Å². The van der Waals surface area contributed by atoms with Gasteiger partial charge in [-0.05, 0) is 37.2 Å². The minimum Gasteiger partial charge on any atom is -0.393 e. The average Bonchev–Trinajstić information content (AvgIpc) is 2.39. The Morgan fingerprint density at radius 2 is 1.74 bits per heavy atom. The summed E-state index contributed by atoms with van der Waals surface area (Å²) in [6.45, 7) is 0.488. The topological polar surface area (TPSA) is 66.4 Å². The molecule has 1 aliphatic rings. The van der Waals surface area contributed by atoms with Crippen LogP contribution in [0.2, 0.25) is 0 Å². The lowest BCUT2D eigenvalue weighted by molar-refractivity contribution is 0.109. The van der Waals surface area contributed by atoms with Crippen molar-refractivity contribution in [2.24, 2.45) is 5.92 Å². The molecule has 2 N–H and O–H groups in total. The van der Waals surface area contributed by atoms with Gasteiger partial charge in [-0.15, -0.1) is 0 Å². The summed E-state index contributed by atoms with van der Waals surface area (Å²) in [7, 11) is -3.26. The normalized spacial score (nSPS) is 24.3. The van der Waals surface area contributed by atoms with Crippen LogP contribution in [0.4, 0.5) is 0 Å². The third-order valence-electron chi connectivity index (χ3n) is 3.61. The molecule has 0 saturated heterocycles. The Labute approximate surface area is 114 Å². The van der Waals surface area contributed by atoms with Crippen LogP contribution in [-0.4, -0.2) is 26.2 Å². The van der Waals surface area contributed by atoms with Crippen LogP contribution in [0.15, 0.2) is 30.3 Å². The van der Waals surface area contributed by atoms with E-state index >= 15 is 0 Å². The van der Waals surface area contributed by atoms with Crippen LogP contribution in [0.3, 0.4) is 0 Å². The van der Waals surface area contributed by atoms with E-state index in [4.69, 9.17) is 0 Å². The summed E-state index contributed by atoms with van der Waals surface area (Å²) in [6.07, 6.45) is 3.16. The van der Waals surface area contributed by atoms with Gasteiger partial charge in [-0.1, -0.05) is 30.3 Å². The molecule has 0 amide bonds. The third-order valence-corrected chi connectivity index (χ3v) is 4.93. The van der Waals surface area contributed by atoms with Crippen LogP contribution in [0.25, 0.3) is 0 Å². The van der Waals surface area contributed by atoms with Crippen LogP contribution >= 0.6 is 0 Å². The molecule has 2 rings (SSSR count). The number of benzene rings is 1. The van der Waals surface area contributed by atoms with Crippen molar-refractivity contribution in [1.29, 1.82) is 0 Å². The first-order chi connectivity index (χ1) is 9.05. The first-order valence-corrected chi connectivity index (χ1v) is 8.40. The van der Waals surface area contributed by atoms with Crippen LogP contribution in [0.1, 0.15) is 31.2 Å². The number of aliphatic hydroxyl groups is 1. The van der Waals surface area contributed by atoms with Gasteiger partial charge >= 0.3 is 0 Å². The molecule has 0 aliphatic heterocycles. The molecule has 0 atom stereocenters. The molecule has 0 heterocycles. The maximum atomic E-state index is 11.9. The Balaban J connectivity index is 1.81. The second-order valence-electron chi connectivity index (χ2n) is 5.27. The van der Waals surface area contributed by atoms with E-state index in [0.717, 1.165) is 31.2 Å². The van der Waals surface area contributed by atoms with Gasteiger partial charge in [0.2, 0.25) is 10.0 Å². The molecule has 0 bridgehead atoms. The van der Waals surface area contributed by atoms with Gasteiger partial charge in [-0.3, -0.25) is 0 Å². The highest BCUT2D eigenvalue weighted by Crippen LogP contribution is 2.23. The molecule has 1 aromatic rings. The minimum atomic E-state index is -3.26. The maximum Gasteiger partial charge on any atom is 0.215 e. The molecule has 19 heavy (non-hydrogen) atoms. The Bertz CT molecular complexity index is 479. The zero-order valence-corrected chi connectivity index (χ0v) is 11.8. The summed E-state index contributed by atoms with van der Waals surface area (Å²) < 4.78 is 26.6. The lowest BCUT2D eigenvalue weighted by Gasteiger charge is -2.25. The molecule has 0 unspecified atom stereocenters. The molecule has 0 spiro atoms. The minimum absolute atomic E-state index is 0.0309. The molecule has 5 heteroatoms. The van der Waals surface area contributed by atoms with Gasteiger partial charge in [0.1, 0.15) is 0 Å². The lowest BCUT2D eigenvalue weighted by atomic mass is 9.88. The average molecular weight is 283 g/mol. The summed E-state index contributed by atoms with van der Waals surface area (Å²) in [5.74, 6) is 0.386. The van der Waals surface area contributed by atoms with E-state index in [1.165, 1.54) is 0 Å². The molecule has 1 aromatic carbocycles. The van der Waals surface area contributed by atoms with Gasteiger partial charge in [0.15, 0.2) is 0 Å². The van der Waals surface area contributed by atoms with Crippen LogP contribution < -0.4 is 4.72 Å². The van der Waals surface area contributed by atoms with Gasteiger partial charge in [0.25, 0.3) is 0 Å². The number of nitrogens with one attached hydrogen (secondary N) is 1. The predicted octanol–water partition coefficient (Wildman–Crippen LogP) is 1.66. The van der Waals surface area contributed by atoms with E-state index in [0.29, 0.717) is 12.5 Å². The monoisotopic (exact) mass is 283 g/mol. The number of rotatable bonds is 5. The van der Waals surface area contributed by atoms with Crippen molar-refractivity contribution in [3.8, 4) is 0 Å². The van der Waals surface area contributed by atoms with E-state index in [-0.39, 0.29) is 11.9 Å². The van der Waals surface area contributed by atoms with Crippen molar-refractivity contribution in [1.82, 2.24) is 4.72 Å². The zero-order chi connectivity index (χ0) is 13.7. The highest BCUT2D eigenvalue weighted by atomic mass is 32.2. The summed E-state index contributed by atoms with van der Waals surface area (Å²) >= 11 is 0. The van der Waals surface area contributed by atoms with E-state index < -0.39 is 10.0 Å². The van der Waals surface area contributed by atoms with E-state index in [2.05, 4.69) is 4.72 Å². The number of sulfonamides is 1. The molecule has 1 aliphatic carbocycles. The van der Waals surface area contributed by atoms with E-state index in [1.807, 2.05) is 30.3 Å². The summed E-state index contributed by atoms with van der Waals surface area (Å²) in [5.41, 5.74) is 0.800. The standard InChI is InChI=1S/C14H21NO3S/c16-14-8-6-12(7-9-14)10-15-19(17,18)11-13-4-2-1-3-5-13/h1-5,12,14-16H,6-11H2. The van der Waals surface area contributed by atoms with Crippen LogP contribution in [-0.2, 0) is 15.8 Å². The second-order valence-corrected chi connectivity index (χ2v) is 7.07. The molecule has 0 radical (unpaired) electrons. The molecular weight excluding hydrogens is 262 g/mol. The molecule has 1 saturated carbocycles. The number of hydrogen-bond acceptors (Lipinski definition) is 3. The van der Waals surface area contributed by atoms with Gasteiger partial charge < -0.3 is 5.11 Å². The Morgan fingerprint density at radius 1 is 1.11 bits per heavy atom. The second kappa shape index (κ2) is 6.50. The fraction of sp³-hybridized carbons (Fsp3) is 0.571. The van der Waals surface area contributed by atoms with E-state index in [9.17, 15) is 13.5 Å². The van der Waals surface area contributed by atoms with Gasteiger partial charge in [-0.2, -0.15) is 0 Å². The maximum absolute atomic E-state index is 11.9. The van der Waals surface area contributed by atoms with Crippen molar-refractivity contribution >= 4 is 10.0 Å². The highest BCUT2D eigenvalue weighted by Gasteiger charge is 2.21. The molecule has 4 nitrogen and oxygen atoms in total. The molecule has 0 aromatic heterocycles. The fourth-order valence-electron chi connectivity index (χ4n) is 2.44. The van der Waals surface area contributed by atoms with Crippen molar-refractivity contribution in [2.45, 2.75) is 37.5 Å². The van der Waals surface area contributed by atoms with Crippen molar-refractivity contribution < 1.29 is 13.5 Å². The van der Waals surface area contributed by atoms with Crippen LogP contribution in [0.5, 0.6) is 0 Å². The summed E-state index contributed by atoms with van der Waals surface area (Å²) in [6, 6.07) is 9.18. The third kappa shape index (κ3) is 4.93. The fourth-order valence-corrected chi connectivity index (χ4v) is 3.66. The number of hydrogen-bond donors (Lipinski definition) is 2. The van der Waals surface area contributed by atoms with Crippen LogP contribution in [0, 0.1) is 5.92 Å². The highest BCUT2D eigenvalue weighted by molar-refractivity contribution is 7.88. The van der Waals surface area contributed by atoms with Gasteiger partial charge in [-0.25, -0.2) is 13.1 Å².